The van der Waals surface area contributed by atoms with E-state index in [-0.39, 0.29) is 19.1 Å². The van der Waals surface area contributed by atoms with Crippen molar-refractivity contribution in [3.05, 3.63) is 89.5 Å². The lowest BCUT2D eigenvalue weighted by atomic mass is 10.1. The minimum atomic E-state index is -3.47. The summed E-state index contributed by atoms with van der Waals surface area (Å²) in [6.45, 7) is 4.02. The predicted molar refractivity (Wildman–Crippen MR) is 124 cm³/mol. The van der Waals surface area contributed by atoms with E-state index in [1.165, 1.54) is 10.6 Å². The number of ether oxygens (including phenoxy) is 1. The van der Waals surface area contributed by atoms with Crippen molar-refractivity contribution in [2.45, 2.75) is 20.4 Å². The number of nitrogens with zero attached hydrogens (tertiary/aromatic N) is 1. The van der Waals surface area contributed by atoms with Gasteiger partial charge in [-0.05, 0) is 55.3 Å². The summed E-state index contributed by atoms with van der Waals surface area (Å²) in [7, 11) is -3.47. The van der Waals surface area contributed by atoms with Crippen molar-refractivity contribution in [2.75, 3.05) is 22.5 Å². The van der Waals surface area contributed by atoms with Gasteiger partial charge in [-0.1, -0.05) is 48.0 Å². The smallest absolute Gasteiger partial charge is 0.262 e. The molecule has 0 bridgehead atoms. The molecule has 3 aromatic rings. The van der Waals surface area contributed by atoms with E-state index in [4.69, 9.17) is 4.74 Å². The maximum Gasteiger partial charge on any atom is 0.262 e. The van der Waals surface area contributed by atoms with Crippen LogP contribution < -0.4 is 14.4 Å². The van der Waals surface area contributed by atoms with E-state index in [1.807, 2.05) is 62.4 Å². The second kappa shape index (κ2) is 9.66. The van der Waals surface area contributed by atoms with Crippen LogP contribution in [0.1, 0.15) is 16.7 Å². The molecule has 6 nitrogen and oxygen atoms in total. The van der Waals surface area contributed by atoms with E-state index in [2.05, 4.69) is 5.32 Å². The molecule has 31 heavy (non-hydrogen) atoms. The van der Waals surface area contributed by atoms with Gasteiger partial charge in [-0.3, -0.25) is 9.10 Å². The van der Waals surface area contributed by atoms with Gasteiger partial charge in [0.1, 0.15) is 5.75 Å². The van der Waals surface area contributed by atoms with E-state index >= 15 is 0 Å². The summed E-state index contributed by atoms with van der Waals surface area (Å²) in [5.74, 6) is 0.213. The predicted octanol–water partition coefficient (Wildman–Crippen LogP) is 4.29. The van der Waals surface area contributed by atoms with Crippen molar-refractivity contribution in [1.29, 1.82) is 0 Å². The van der Waals surface area contributed by atoms with Crippen molar-refractivity contribution in [3.63, 3.8) is 0 Å². The third kappa shape index (κ3) is 6.33. The molecular weight excluding hydrogens is 412 g/mol. The molecule has 162 valence electrons. The van der Waals surface area contributed by atoms with E-state index in [0.29, 0.717) is 11.4 Å². The Balaban J connectivity index is 1.63. The Kier molecular flexibility index (Phi) is 6.97. The molecule has 3 aromatic carbocycles. The average Bonchev–Trinajstić information content (AvgIpc) is 2.73. The van der Waals surface area contributed by atoms with Gasteiger partial charge in [0.15, 0.2) is 6.61 Å². The van der Waals surface area contributed by atoms with E-state index in [1.54, 1.807) is 24.3 Å². The standard InChI is InChI=1S/C24H26N2O4S/c1-18-9-14-23(19(2)15-18)25-24(27)17-30-22-12-10-21(11-13-22)26(31(3,28)29)16-20-7-5-4-6-8-20/h4-15H,16-17H2,1-3H3,(H,25,27). The molecule has 0 saturated carbocycles. The number of amides is 1. The number of hydrogen-bond donors (Lipinski definition) is 1. The summed E-state index contributed by atoms with van der Waals surface area (Å²) < 4.78 is 31.5. The lowest BCUT2D eigenvalue weighted by Crippen LogP contribution is -2.29. The highest BCUT2D eigenvalue weighted by Crippen LogP contribution is 2.24. The SMILES string of the molecule is Cc1ccc(NC(=O)COc2ccc(N(Cc3ccccc3)S(C)(=O)=O)cc2)c(C)c1. The first kappa shape index (κ1) is 22.4. The van der Waals surface area contributed by atoms with Gasteiger partial charge in [-0.15, -0.1) is 0 Å². The van der Waals surface area contributed by atoms with Crippen molar-refractivity contribution in [2.24, 2.45) is 0 Å². The molecule has 0 heterocycles. The van der Waals surface area contributed by atoms with Crippen molar-refractivity contribution >= 4 is 27.3 Å². The fraction of sp³-hybridized carbons (Fsp3) is 0.208. The Morgan fingerprint density at radius 3 is 2.26 bits per heavy atom. The van der Waals surface area contributed by atoms with Crippen LogP contribution in [0.3, 0.4) is 0 Å². The lowest BCUT2D eigenvalue weighted by Gasteiger charge is -2.22. The molecule has 1 N–H and O–H groups in total. The largest absolute Gasteiger partial charge is 0.484 e. The van der Waals surface area contributed by atoms with Gasteiger partial charge in [0.05, 0.1) is 18.5 Å². The molecule has 0 aliphatic rings. The number of anilines is 2. The number of benzene rings is 3. The van der Waals surface area contributed by atoms with Crippen LogP contribution in [0.4, 0.5) is 11.4 Å². The molecule has 0 aromatic heterocycles. The maximum absolute atomic E-state index is 12.3. The molecule has 0 radical (unpaired) electrons. The number of nitrogens with one attached hydrogen (secondary N) is 1. The number of carbonyl (C=O) groups excluding carboxylic acids is 1. The van der Waals surface area contributed by atoms with Crippen LogP contribution in [0.2, 0.25) is 0 Å². The van der Waals surface area contributed by atoms with Crippen LogP contribution in [-0.2, 0) is 21.4 Å². The number of aryl methyl sites for hydroxylation is 2. The Bertz CT molecular complexity index is 1140. The van der Waals surface area contributed by atoms with Gasteiger partial charge >= 0.3 is 0 Å². The highest BCUT2D eigenvalue weighted by Gasteiger charge is 2.18. The van der Waals surface area contributed by atoms with Gasteiger partial charge in [0.2, 0.25) is 10.0 Å². The summed E-state index contributed by atoms with van der Waals surface area (Å²) in [6.07, 6.45) is 1.18. The van der Waals surface area contributed by atoms with Gasteiger partial charge in [-0.2, -0.15) is 0 Å². The number of rotatable bonds is 8. The molecule has 0 fully saturated rings. The first-order valence-corrected chi connectivity index (χ1v) is 11.7. The van der Waals surface area contributed by atoms with Gasteiger partial charge in [0.25, 0.3) is 5.91 Å². The van der Waals surface area contributed by atoms with Crippen LogP contribution in [0.15, 0.2) is 72.8 Å². The van der Waals surface area contributed by atoms with Crippen molar-refractivity contribution in [1.82, 2.24) is 0 Å². The Hall–Kier alpha value is -3.32. The number of hydrogen-bond acceptors (Lipinski definition) is 4. The van der Waals surface area contributed by atoms with Gasteiger partial charge in [0, 0.05) is 5.69 Å². The first-order valence-electron chi connectivity index (χ1n) is 9.84. The normalized spacial score (nSPS) is 11.1. The van der Waals surface area contributed by atoms with Crippen LogP contribution >= 0.6 is 0 Å². The van der Waals surface area contributed by atoms with E-state index < -0.39 is 10.0 Å². The van der Waals surface area contributed by atoms with Crippen molar-refractivity contribution < 1.29 is 17.9 Å². The third-order valence-electron chi connectivity index (χ3n) is 4.72. The first-order chi connectivity index (χ1) is 14.7. The quantitative estimate of drug-likeness (QED) is 0.569. The number of sulfonamides is 1. The average molecular weight is 439 g/mol. The fourth-order valence-corrected chi connectivity index (χ4v) is 4.04. The molecule has 1 amide bonds. The third-order valence-corrected chi connectivity index (χ3v) is 5.86. The van der Waals surface area contributed by atoms with Crippen molar-refractivity contribution in [3.8, 4) is 5.75 Å². The zero-order valence-electron chi connectivity index (χ0n) is 17.8. The minimum Gasteiger partial charge on any atom is -0.484 e. The second-order valence-corrected chi connectivity index (χ2v) is 9.31. The summed E-state index contributed by atoms with van der Waals surface area (Å²) >= 11 is 0. The topological polar surface area (TPSA) is 75.7 Å². The molecule has 0 atom stereocenters. The summed E-state index contributed by atoms with van der Waals surface area (Å²) in [4.78, 5) is 12.2. The summed E-state index contributed by atoms with van der Waals surface area (Å²) in [5.41, 5.74) is 4.27. The highest BCUT2D eigenvalue weighted by atomic mass is 32.2. The molecule has 0 spiro atoms. The lowest BCUT2D eigenvalue weighted by molar-refractivity contribution is -0.118. The maximum atomic E-state index is 12.3. The Morgan fingerprint density at radius 2 is 1.65 bits per heavy atom. The monoisotopic (exact) mass is 438 g/mol. The van der Waals surface area contributed by atoms with Crippen LogP contribution in [0.25, 0.3) is 0 Å². The molecule has 7 heteroatoms. The molecule has 0 unspecified atom stereocenters. The number of carbonyl (C=O) groups is 1. The zero-order chi connectivity index (χ0) is 22.4. The molecule has 0 saturated heterocycles. The zero-order valence-corrected chi connectivity index (χ0v) is 18.6. The Morgan fingerprint density at radius 1 is 0.968 bits per heavy atom. The molecule has 0 aliphatic heterocycles. The molecule has 0 aliphatic carbocycles. The van der Waals surface area contributed by atoms with E-state index in [9.17, 15) is 13.2 Å². The van der Waals surface area contributed by atoms with Crippen LogP contribution in [0.5, 0.6) is 5.75 Å². The minimum absolute atomic E-state index is 0.146. The highest BCUT2D eigenvalue weighted by molar-refractivity contribution is 7.92. The van der Waals surface area contributed by atoms with Gasteiger partial charge < -0.3 is 10.1 Å². The summed E-state index contributed by atoms with van der Waals surface area (Å²) in [6, 6.07) is 21.8. The fourth-order valence-electron chi connectivity index (χ4n) is 3.15. The molecular formula is C24H26N2O4S. The van der Waals surface area contributed by atoms with Crippen LogP contribution in [-0.4, -0.2) is 27.2 Å². The second-order valence-electron chi connectivity index (χ2n) is 7.40. The van der Waals surface area contributed by atoms with E-state index in [0.717, 1.165) is 22.4 Å². The summed E-state index contributed by atoms with van der Waals surface area (Å²) in [5, 5.41) is 2.83. The van der Waals surface area contributed by atoms with Crippen LogP contribution in [0, 0.1) is 13.8 Å². The Labute approximate surface area is 183 Å². The van der Waals surface area contributed by atoms with Gasteiger partial charge in [-0.25, -0.2) is 8.42 Å². The molecule has 3 rings (SSSR count).